The van der Waals surface area contributed by atoms with Crippen molar-refractivity contribution < 1.29 is 9.47 Å². The lowest BCUT2D eigenvalue weighted by Crippen LogP contribution is -2.20. The molecule has 2 N–H and O–H groups in total. The molecule has 106 valence electrons. The number of benzene rings is 2. The summed E-state index contributed by atoms with van der Waals surface area (Å²) < 4.78 is 11.2. The second kappa shape index (κ2) is 7.89. The van der Waals surface area contributed by atoms with Crippen molar-refractivity contribution in [2.24, 2.45) is 0 Å². The van der Waals surface area contributed by atoms with Gasteiger partial charge < -0.3 is 14.9 Å². The average molecular weight is 337 g/mol. The summed E-state index contributed by atoms with van der Waals surface area (Å²) in [6.45, 7) is 0.948. The molecule has 0 saturated heterocycles. The molecule has 0 aliphatic rings. The minimum absolute atomic E-state index is 0.242. The van der Waals surface area contributed by atoms with Gasteiger partial charge in [-0.3, -0.25) is 0 Å². The molecule has 0 aliphatic carbocycles. The van der Waals surface area contributed by atoms with E-state index in [4.69, 9.17) is 9.47 Å². The summed E-state index contributed by atoms with van der Waals surface area (Å²) in [4.78, 5) is 0. The van der Waals surface area contributed by atoms with E-state index in [9.17, 15) is 0 Å². The first kappa shape index (κ1) is 14.8. The predicted molar refractivity (Wildman–Crippen MR) is 83.6 cm³/mol. The monoisotopic (exact) mass is 336 g/mol. The molecule has 2 aromatic rings. The van der Waals surface area contributed by atoms with Crippen LogP contribution in [0.4, 0.5) is 5.69 Å². The standard InChI is InChI=1S/C15H17BrN2O2/c1-19-11-20-15-8-7-12(9-14(15)16)10-17-18-13-5-3-2-4-6-13/h2-9,17-18H,10-11H2,1H3. The SMILES string of the molecule is COCOc1ccc(CNNc2ccccc2)cc1Br. The Balaban J connectivity index is 1.85. The van der Waals surface area contributed by atoms with Crippen LogP contribution in [0.1, 0.15) is 5.56 Å². The number of methoxy groups -OCH3 is 1. The molecule has 0 aromatic heterocycles. The zero-order chi connectivity index (χ0) is 14.2. The molecule has 0 heterocycles. The molecule has 0 aliphatic heterocycles. The fraction of sp³-hybridized carbons (Fsp3) is 0.200. The molecule has 0 bridgehead atoms. The van der Waals surface area contributed by atoms with E-state index in [1.807, 2.05) is 48.5 Å². The molecule has 0 fully saturated rings. The number of ether oxygens (including phenoxy) is 2. The van der Waals surface area contributed by atoms with Crippen LogP contribution in [0.5, 0.6) is 5.75 Å². The highest BCUT2D eigenvalue weighted by molar-refractivity contribution is 9.10. The van der Waals surface area contributed by atoms with Gasteiger partial charge in [-0.15, -0.1) is 0 Å². The van der Waals surface area contributed by atoms with Gasteiger partial charge in [0.1, 0.15) is 5.75 Å². The van der Waals surface area contributed by atoms with E-state index in [-0.39, 0.29) is 6.79 Å². The van der Waals surface area contributed by atoms with E-state index in [0.717, 1.165) is 21.5 Å². The topological polar surface area (TPSA) is 42.5 Å². The van der Waals surface area contributed by atoms with E-state index < -0.39 is 0 Å². The van der Waals surface area contributed by atoms with Crippen molar-refractivity contribution in [2.75, 3.05) is 19.3 Å². The van der Waals surface area contributed by atoms with Gasteiger partial charge in [0.25, 0.3) is 0 Å². The molecule has 0 radical (unpaired) electrons. The van der Waals surface area contributed by atoms with Gasteiger partial charge in [0, 0.05) is 19.3 Å². The molecule has 2 aromatic carbocycles. The third kappa shape index (κ3) is 4.52. The molecule has 2 rings (SSSR count). The molecule has 0 amide bonds. The highest BCUT2D eigenvalue weighted by Crippen LogP contribution is 2.26. The van der Waals surface area contributed by atoms with Crippen LogP contribution in [-0.4, -0.2) is 13.9 Å². The van der Waals surface area contributed by atoms with Crippen molar-refractivity contribution in [1.82, 2.24) is 5.43 Å². The quantitative estimate of drug-likeness (QED) is 0.599. The summed E-state index contributed by atoms with van der Waals surface area (Å²) in [7, 11) is 1.60. The van der Waals surface area contributed by atoms with Crippen LogP contribution in [0.25, 0.3) is 0 Å². The van der Waals surface area contributed by atoms with Crippen molar-refractivity contribution in [1.29, 1.82) is 0 Å². The van der Waals surface area contributed by atoms with Crippen LogP contribution < -0.4 is 15.6 Å². The van der Waals surface area contributed by atoms with Crippen LogP contribution in [0.2, 0.25) is 0 Å². The fourth-order valence-electron chi connectivity index (χ4n) is 1.66. The summed E-state index contributed by atoms with van der Waals surface area (Å²) in [6.07, 6.45) is 0. The smallest absolute Gasteiger partial charge is 0.188 e. The van der Waals surface area contributed by atoms with Crippen LogP contribution in [0.15, 0.2) is 53.0 Å². The Morgan fingerprint density at radius 3 is 2.60 bits per heavy atom. The average Bonchev–Trinajstić information content (AvgIpc) is 2.47. The number of nitrogens with one attached hydrogen (secondary N) is 2. The van der Waals surface area contributed by atoms with Gasteiger partial charge in [0.05, 0.1) is 4.47 Å². The van der Waals surface area contributed by atoms with Gasteiger partial charge in [-0.05, 0) is 45.8 Å². The lowest BCUT2D eigenvalue weighted by atomic mass is 10.2. The number of hydrogen-bond donors (Lipinski definition) is 2. The number of rotatable bonds is 7. The maximum absolute atomic E-state index is 5.41. The van der Waals surface area contributed by atoms with Crippen LogP contribution >= 0.6 is 15.9 Å². The summed E-state index contributed by atoms with van der Waals surface area (Å²) in [6, 6.07) is 15.9. The molecule has 0 unspecified atom stereocenters. The van der Waals surface area contributed by atoms with Crippen LogP contribution in [-0.2, 0) is 11.3 Å². The second-order valence-corrected chi connectivity index (χ2v) is 5.01. The minimum Gasteiger partial charge on any atom is -0.466 e. The lowest BCUT2D eigenvalue weighted by molar-refractivity contribution is 0.0506. The first-order valence-electron chi connectivity index (χ1n) is 6.23. The van der Waals surface area contributed by atoms with Gasteiger partial charge in [-0.1, -0.05) is 24.3 Å². The fourth-order valence-corrected chi connectivity index (χ4v) is 2.20. The first-order chi connectivity index (χ1) is 9.79. The lowest BCUT2D eigenvalue weighted by Gasteiger charge is -2.11. The van der Waals surface area contributed by atoms with Crippen molar-refractivity contribution in [3.63, 3.8) is 0 Å². The maximum Gasteiger partial charge on any atom is 0.188 e. The van der Waals surface area contributed by atoms with E-state index in [0.29, 0.717) is 6.54 Å². The molecule has 20 heavy (non-hydrogen) atoms. The molecular weight excluding hydrogens is 320 g/mol. The number of hydrogen-bond acceptors (Lipinski definition) is 4. The van der Waals surface area contributed by atoms with Gasteiger partial charge in [0.15, 0.2) is 6.79 Å². The number of para-hydroxylation sites is 1. The Morgan fingerprint density at radius 1 is 1.10 bits per heavy atom. The van der Waals surface area contributed by atoms with E-state index in [1.54, 1.807) is 7.11 Å². The molecule has 4 nitrogen and oxygen atoms in total. The molecule has 0 atom stereocenters. The molecule has 5 heteroatoms. The van der Waals surface area contributed by atoms with Gasteiger partial charge in [-0.25, -0.2) is 5.43 Å². The number of anilines is 1. The summed E-state index contributed by atoms with van der Waals surface area (Å²) >= 11 is 3.49. The van der Waals surface area contributed by atoms with E-state index in [1.165, 1.54) is 0 Å². The molecule has 0 spiro atoms. The minimum atomic E-state index is 0.242. The zero-order valence-electron chi connectivity index (χ0n) is 11.2. The van der Waals surface area contributed by atoms with Gasteiger partial charge >= 0.3 is 0 Å². The summed E-state index contributed by atoms with van der Waals surface area (Å²) in [5, 5.41) is 0. The second-order valence-electron chi connectivity index (χ2n) is 4.16. The summed E-state index contributed by atoms with van der Waals surface area (Å²) in [5.41, 5.74) is 8.49. The Hall–Kier alpha value is -1.56. The largest absolute Gasteiger partial charge is 0.466 e. The zero-order valence-corrected chi connectivity index (χ0v) is 12.8. The van der Waals surface area contributed by atoms with Crippen molar-refractivity contribution >= 4 is 21.6 Å². The Morgan fingerprint density at radius 2 is 1.90 bits per heavy atom. The molecular formula is C15H17BrN2O2. The van der Waals surface area contributed by atoms with Crippen molar-refractivity contribution in [3.05, 3.63) is 58.6 Å². The van der Waals surface area contributed by atoms with Crippen molar-refractivity contribution in [2.45, 2.75) is 6.54 Å². The van der Waals surface area contributed by atoms with Gasteiger partial charge in [-0.2, -0.15) is 0 Å². The maximum atomic E-state index is 5.41. The predicted octanol–water partition coefficient (Wildman–Crippen LogP) is 3.55. The third-order valence-corrected chi connectivity index (χ3v) is 3.25. The van der Waals surface area contributed by atoms with Crippen LogP contribution in [0, 0.1) is 0 Å². The van der Waals surface area contributed by atoms with Crippen LogP contribution in [0.3, 0.4) is 0 Å². The normalized spacial score (nSPS) is 10.3. The number of hydrazine groups is 1. The first-order valence-corrected chi connectivity index (χ1v) is 7.03. The Kier molecular flexibility index (Phi) is 5.86. The van der Waals surface area contributed by atoms with E-state index >= 15 is 0 Å². The van der Waals surface area contributed by atoms with Crippen molar-refractivity contribution in [3.8, 4) is 5.75 Å². The highest BCUT2D eigenvalue weighted by Gasteiger charge is 2.02. The Labute approximate surface area is 127 Å². The highest BCUT2D eigenvalue weighted by atomic mass is 79.9. The molecule has 0 saturated carbocycles. The summed E-state index contributed by atoms with van der Waals surface area (Å²) in [5.74, 6) is 0.770. The Bertz CT molecular complexity index is 535. The number of halogens is 1. The third-order valence-electron chi connectivity index (χ3n) is 2.63. The van der Waals surface area contributed by atoms with E-state index in [2.05, 4.69) is 26.8 Å². The van der Waals surface area contributed by atoms with Gasteiger partial charge in [0.2, 0.25) is 0 Å².